The number of carbonyl (C=O) groups excluding carboxylic acids is 1. The Morgan fingerprint density at radius 2 is 2.00 bits per heavy atom. The molecule has 1 heterocycles. The van der Waals surface area contributed by atoms with Gasteiger partial charge in [0.15, 0.2) is 0 Å². The number of hydrogen-bond donors (Lipinski definition) is 1. The molecular formula is C19H23N3O3. The van der Waals surface area contributed by atoms with Gasteiger partial charge in [0.25, 0.3) is 5.56 Å². The lowest BCUT2D eigenvalue weighted by atomic mass is 10.1. The molecule has 1 unspecified atom stereocenters. The molecule has 1 amide bonds. The number of amides is 1. The fourth-order valence-electron chi connectivity index (χ4n) is 2.70. The third kappa shape index (κ3) is 4.26. The van der Waals surface area contributed by atoms with Crippen LogP contribution in [-0.2, 0) is 11.2 Å². The quantitative estimate of drug-likeness (QED) is 0.836. The predicted octanol–water partition coefficient (Wildman–Crippen LogP) is 2.05. The second-order valence-electron chi connectivity index (χ2n) is 6.38. The first-order chi connectivity index (χ1) is 12.1. The average Bonchev–Trinajstić information content (AvgIpc) is 3.47. The van der Waals surface area contributed by atoms with E-state index >= 15 is 0 Å². The molecule has 1 saturated carbocycles. The summed E-state index contributed by atoms with van der Waals surface area (Å²) in [6.45, 7) is 2.21. The van der Waals surface area contributed by atoms with Crippen LogP contribution in [0.1, 0.15) is 43.0 Å². The van der Waals surface area contributed by atoms with Crippen molar-refractivity contribution in [1.29, 1.82) is 0 Å². The Balaban J connectivity index is 1.57. The molecule has 1 aromatic carbocycles. The molecule has 6 nitrogen and oxygen atoms in total. The number of benzene rings is 1. The van der Waals surface area contributed by atoms with Crippen molar-refractivity contribution in [3.05, 3.63) is 58.0 Å². The van der Waals surface area contributed by atoms with Gasteiger partial charge < -0.3 is 10.1 Å². The lowest BCUT2D eigenvalue weighted by molar-refractivity contribution is -0.124. The Bertz CT molecular complexity index is 794. The summed E-state index contributed by atoms with van der Waals surface area (Å²) in [6, 6.07) is 10.4. The molecule has 1 aromatic heterocycles. The van der Waals surface area contributed by atoms with Gasteiger partial charge in [0.1, 0.15) is 11.8 Å². The summed E-state index contributed by atoms with van der Waals surface area (Å²) in [6.07, 6.45) is 2.92. The van der Waals surface area contributed by atoms with E-state index < -0.39 is 6.04 Å². The molecule has 132 valence electrons. The van der Waals surface area contributed by atoms with E-state index in [4.69, 9.17) is 4.74 Å². The van der Waals surface area contributed by atoms with E-state index in [-0.39, 0.29) is 11.5 Å². The van der Waals surface area contributed by atoms with Crippen molar-refractivity contribution >= 4 is 5.91 Å². The summed E-state index contributed by atoms with van der Waals surface area (Å²) in [7, 11) is 1.63. The first-order valence-electron chi connectivity index (χ1n) is 8.59. The van der Waals surface area contributed by atoms with Crippen LogP contribution in [0, 0.1) is 0 Å². The van der Waals surface area contributed by atoms with E-state index in [1.54, 1.807) is 20.1 Å². The van der Waals surface area contributed by atoms with Gasteiger partial charge in [0.05, 0.1) is 12.8 Å². The normalized spacial score (nSPS) is 14.8. The molecule has 0 aliphatic heterocycles. The lowest BCUT2D eigenvalue weighted by Gasteiger charge is -2.15. The highest BCUT2D eigenvalue weighted by molar-refractivity contribution is 5.79. The van der Waals surface area contributed by atoms with E-state index in [1.807, 2.05) is 24.3 Å². The molecule has 1 fully saturated rings. The van der Waals surface area contributed by atoms with Crippen molar-refractivity contribution in [2.45, 2.75) is 38.1 Å². The Morgan fingerprint density at radius 1 is 1.28 bits per heavy atom. The second kappa shape index (κ2) is 7.51. The molecule has 6 heteroatoms. The van der Waals surface area contributed by atoms with Crippen molar-refractivity contribution in [1.82, 2.24) is 15.1 Å². The van der Waals surface area contributed by atoms with Crippen molar-refractivity contribution in [2.75, 3.05) is 13.7 Å². The minimum Gasteiger partial charge on any atom is -0.497 e. The summed E-state index contributed by atoms with van der Waals surface area (Å²) in [4.78, 5) is 24.4. The number of carbonyl (C=O) groups is 1. The lowest BCUT2D eigenvalue weighted by Crippen LogP contribution is -2.38. The van der Waals surface area contributed by atoms with Gasteiger partial charge in [-0.1, -0.05) is 12.1 Å². The molecule has 0 bridgehead atoms. The Morgan fingerprint density at radius 3 is 2.64 bits per heavy atom. The number of hydrogen-bond acceptors (Lipinski definition) is 4. The Labute approximate surface area is 146 Å². The summed E-state index contributed by atoms with van der Waals surface area (Å²) in [5, 5.41) is 7.25. The number of nitrogens with one attached hydrogen (secondary N) is 1. The van der Waals surface area contributed by atoms with Gasteiger partial charge in [0.2, 0.25) is 5.91 Å². The molecule has 25 heavy (non-hydrogen) atoms. The zero-order chi connectivity index (χ0) is 17.8. The SMILES string of the molecule is COc1ccc(CCNC(=O)C(C)n2nc(C3CC3)ccc2=O)cc1. The van der Waals surface area contributed by atoms with Gasteiger partial charge in [-0.25, -0.2) is 4.68 Å². The maximum Gasteiger partial charge on any atom is 0.267 e. The van der Waals surface area contributed by atoms with Crippen LogP contribution in [0.15, 0.2) is 41.2 Å². The number of aromatic nitrogens is 2. The van der Waals surface area contributed by atoms with Crippen LogP contribution in [0.25, 0.3) is 0 Å². The molecule has 1 atom stereocenters. The predicted molar refractivity (Wildman–Crippen MR) is 94.9 cm³/mol. The Hall–Kier alpha value is -2.63. The fraction of sp³-hybridized carbons (Fsp3) is 0.421. The molecule has 0 radical (unpaired) electrons. The summed E-state index contributed by atoms with van der Waals surface area (Å²) < 4.78 is 6.41. The highest BCUT2D eigenvalue weighted by Gasteiger charge is 2.26. The van der Waals surface area contributed by atoms with Gasteiger partial charge in [-0.15, -0.1) is 0 Å². The molecule has 0 spiro atoms. The van der Waals surface area contributed by atoms with Crippen LogP contribution in [0.5, 0.6) is 5.75 Å². The minimum absolute atomic E-state index is 0.198. The fourth-order valence-corrected chi connectivity index (χ4v) is 2.70. The van der Waals surface area contributed by atoms with Gasteiger partial charge >= 0.3 is 0 Å². The minimum atomic E-state index is -0.623. The van der Waals surface area contributed by atoms with E-state index in [1.165, 1.54) is 10.7 Å². The summed E-state index contributed by atoms with van der Waals surface area (Å²) in [5.74, 6) is 1.05. The van der Waals surface area contributed by atoms with Crippen LogP contribution >= 0.6 is 0 Å². The molecule has 1 aliphatic carbocycles. The molecule has 3 rings (SSSR count). The maximum atomic E-state index is 12.4. The third-order valence-corrected chi connectivity index (χ3v) is 4.46. The van der Waals surface area contributed by atoms with Crippen LogP contribution in [0.3, 0.4) is 0 Å². The third-order valence-electron chi connectivity index (χ3n) is 4.46. The number of nitrogens with zero attached hydrogens (tertiary/aromatic N) is 2. The van der Waals surface area contributed by atoms with E-state index in [0.717, 1.165) is 29.8 Å². The van der Waals surface area contributed by atoms with Crippen molar-refractivity contribution < 1.29 is 9.53 Å². The van der Waals surface area contributed by atoms with Crippen molar-refractivity contribution in [3.63, 3.8) is 0 Å². The summed E-state index contributed by atoms with van der Waals surface area (Å²) >= 11 is 0. The second-order valence-corrected chi connectivity index (χ2v) is 6.38. The van der Waals surface area contributed by atoms with Crippen molar-refractivity contribution in [2.24, 2.45) is 0 Å². The summed E-state index contributed by atoms with van der Waals surface area (Å²) in [5.41, 5.74) is 1.76. The van der Waals surface area contributed by atoms with E-state index in [9.17, 15) is 9.59 Å². The molecular weight excluding hydrogens is 318 g/mol. The highest BCUT2D eigenvalue weighted by Crippen LogP contribution is 2.38. The zero-order valence-electron chi connectivity index (χ0n) is 14.6. The number of rotatable bonds is 7. The molecule has 2 aromatic rings. The number of methoxy groups -OCH3 is 1. The first-order valence-corrected chi connectivity index (χ1v) is 8.59. The van der Waals surface area contributed by atoms with Gasteiger partial charge in [0, 0.05) is 18.5 Å². The van der Waals surface area contributed by atoms with Gasteiger partial charge in [-0.05, 0) is 49.9 Å². The van der Waals surface area contributed by atoms with Crippen LogP contribution < -0.4 is 15.6 Å². The first kappa shape index (κ1) is 17.2. The van der Waals surface area contributed by atoms with Crippen LogP contribution in [0.2, 0.25) is 0 Å². The highest BCUT2D eigenvalue weighted by atomic mass is 16.5. The maximum absolute atomic E-state index is 12.4. The smallest absolute Gasteiger partial charge is 0.267 e. The molecule has 0 saturated heterocycles. The largest absolute Gasteiger partial charge is 0.497 e. The van der Waals surface area contributed by atoms with Gasteiger partial charge in [-0.2, -0.15) is 5.10 Å². The average molecular weight is 341 g/mol. The topological polar surface area (TPSA) is 73.2 Å². The monoisotopic (exact) mass is 341 g/mol. The zero-order valence-corrected chi connectivity index (χ0v) is 14.6. The Kier molecular flexibility index (Phi) is 5.16. The standard InChI is InChI=1S/C19H23N3O3/c1-13(22-18(23)10-9-17(21-22)15-5-6-15)19(24)20-12-11-14-3-7-16(25-2)8-4-14/h3-4,7-10,13,15H,5-6,11-12H2,1-2H3,(H,20,24). The van der Waals surface area contributed by atoms with E-state index in [2.05, 4.69) is 10.4 Å². The van der Waals surface area contributed by atoms with Gasteiger partial charge in [-0.3, -0.25) is 9.59 Å². The number of ether oxygens (including phenoxy) is 1. The van der Waals surface area contributed by atoms with Crippen molar-refractivity contribution in [3.8, 4) is 5.75 Å². The van der Waals surface area contributed by atoms with Crippen LogP contribution in [0.4, 0.5) is 0 Å². The van der Waals surface area contributed by atoms with Crippen LogP contribution in [-0.4, -0.2) is 29.3 Å². The molecule has 1 aliphatic rings. The van der Waals surface area contributed by atoms with E-state index in [0.29, 0.717) is 18.9 Å². The molecule has 1 N–H and O–H groups in total.